The molecule has 0 aliphatic heterocycles. The molecule has 2 heterocycles. The van der Waals surface area contributed by atoms with Crippen LogP contribution in [0.3, 0.4) is 0 Å². The third-order valence-corrected chi connectivity index (χ3v) is 4.93. The number of pyridine rings is 1. The van der Waals surface area contributed by atoms with Gasteiger partial charge in [0.15, 0.2) is 10.1 Å². The largest absolute Gasteiger partial charge is 0.741 e. The van der Waals surface area contributed by atoms with Gasteiger partial charge in [0.05, 0.1) is 12.6 Å². The lowest BCUT2D eigenvalue weighted by Gasteiger charge is -2.08. The standard InChI is InChI=1S/C19H17N3.CHF3O3S/c1-22-13-18-16(15-9-5-6-10-17(15)21-18)11-19(22)20-12-14-7-3-2-4-8-14;2-1(3,4)8(5,6)7/h2-11,13H,12H2,1H3,(H,20,21);(H,5,6,7). The highest BCUT2D eigenvalue weighted by molar-refractivity contribution is 7.86. The van der Waals surface area contributed by atoms with Gasteiger partial charge in [-0.05, 0) is 11.6 Å². The van der Waals surface area contributed by atoms with Crippen LogP contribution in [0.5, 0.6) is 0 Å². The monoisotopic (exact) mass is 437 g/mol. The first-order valence-electron chi connectivity index (χ1n) is 8.76. The van der Waals surface area contributed by atoms with Gasteiger partial charge in [0.1, 0.15) is 12.7 Å². The van der Waals surface area contributed by atoms with E-state index in [1.165, 1.54) is 21.9 Å². The highest BCUT2D eigenvalue weighted by atomic mass is 32.2. The molecule has 4 rings (SSSR count). The first-order valence-corrected chi connectivity index (χ1v) is 10.2. The minimum absolute atomic E-state index is 0.822. The second-order valence-electron chi connectivity index (χ2n) is 6.51. The predicted molar refractivity (Wildman–Crippen MR) is 107 cm³/mol. The number of fused-ring (bicyclic) bond motifs is 3. The van der Waals surface area contributed by atoms with Crippen molar-refractivity contribution in [3.05, 3.63) is 72.4 Å². The van der Waals surface area contributed by atoms with E-state index in [9.17, 15) is 13.2 Å². The summed E-state index contributed by atoms with van der Waals surface area (Å²) in [6.45, 7) is 0.822. The first kappa shape index (κ1) is 21.6. The number of rotatable bonds is 3. The molecule has 6 nitrogen and oxygen atoms in total. The van der Waals surface area contributed by atoms with Gasteiger partial charge >= 0.3 is 5.51 Å². The van der Waals surface area contributed by atoms with Crippen LogP contribution in [0.2, 0.25) is 0 Å². The van der Waals surface area contributed by atoms with Crippen molar-refractivity contribution in [3.63, 3.8) is 0 Å². The molecule has 0 radical (unpaired) electrons. The average molecular weight is 437 g/mol. The van der Waals surface area contributed by atoms with Gasteiger partial charge in [0.2, 0.25) is 0 Å². The van der Waals surface area contributed by atoms with Crippen LogP contribution in [-0.4, -0.2) is 23.5 Å². The quantitative estimate of drug-likeness (QED) is 0.290. The van der Waals surface area contributed by atoms with Crippen molar-refractivity contribution in [2.75, 3.05) is 5.32 Å². The normalized spacial score (nSPS) is 11.9. The molecule has 2 aromatic carbocycles. The summed E-state index contributed by atoms with van der Waals surface area (Å²) in [7, 11) is -4.02. The molecule has 0 bridgehead atoms. The molecular formula is C20H18F3N3O3S. The Bertz CT molecular complexity index is 1270. The average Bonchev–Trinajstić information content (AvgIpc) is 3.03. The molecule has 0 unspecified atom stereocenters. The Labute approximate surface area is 170 Å². The van der Waals surface area contributed by atoms with E-state index in [1.807, 2.05) is 6.07 Å². The maximum absolute atomic E-state index is 10.7. The van der Waals surface area contributed by atoms with E-state index in [0.717, 1.165) is 17.9 Å². The lowest BCUT2D eigenvalue weighted by atomic mass is 10.2. The third kappa shape index (κ3) is 4.89. The van der Waals surface area contributed by atoms with Crippen LogP contribution < -0.4 is 9.88 Å². The summed E-state index contributed by atoms with van der Waals surface area (Å²) in [6, 6.07) is 21.1. The van der Waals surface area contributed by atoms with Gasteiger partial charge in [-0.1, -0.05) is 48.5 Å². The number of benzene rings is 2. The molecule has 0 aliphatic rings. The molecule has 10 heteroatoms. The maximum atomic E-state index is 10.7. The Balaban J connectivity index is 0.000000275. The summed E-state index contributed by atoms with van der Waals surface area (Å²) < 4.78 is 61.0. The Kier molecular flexibility index (Phi) is 5.99. The van der Waals surface area contributed by atoms with Crippen LogP contribution in [0.1, 0.15) is 5.56 Å². The van der Waals surface area contributed by atoms with E-state index < -0.39 is 15.6 Å². The molecule has 0 saturated carbocycles. The zero-order valence-electron chi connectivity index (χ0n) is 15.8. The number of para-hydroxylation sites is 1. The van der Waals surface area contributed by atoms with Gasteiger partial charge in [0.25, 0.3) is 5.82 Å². The summed E-state index contributed by atoms with van der Waals surface area (Å²) in [6.07, 6.45) is 2.14. The van der Waals surface area contributed by atoms with Crippen LogP contribution in [0.25, 0.3) is 21.8 Å². The van der Waals surface area contributed by atoms with Gasteiger partial charge in [-0.25, -0.2) is 13.0 Å². The zero-order valence-corrected chi connectivity index (χ0v) is 16.6. The van der Waals surface area contributed by atoms with Gasteiger partial charge in [-0.3, -0.25) is 5.32 Å². The SMILES string of the molecule is C[n+]1cc2[nH]c3ccccc3c2cc1NCc1ccccc1.O=S(=O)([O-])C(F)(F)F. The maximum Gasteiger partial charge on any atom is 0.485 e. The molecule has 0 amide bonds. The Hall–Kier alpha value is -3.11. The number of hydrogen-bond donors (Lipinski definition) is 2. The summed E-state index contributed by atoms with van der Waals surface area (Å²) >= 11 is 0. The van der Waals surface area contributed by atoms with Crippen molar-refractivity contribution in [2.45, 2.75) is 12.1 Å². The van der Waals surface area contributed by atoms with E-state index in [1.54, 1.807) is 0 Å². The van der Waals surface area contributed by atoms with Crippen molar-refractivity contribution in [2.24, 2.45) is 7.05 Å². The summed E-state index contributed by atoms with van der Waals surface area (Å²) in [5.41, 5.74) is -2.03. The number of nitrogens with one attached hydrogen (secondary N) is 2. The summed E-state index contributed by atoms with van der Waals surface area (Å²) in [4.78, 5) is 3.47. The fourth-order valence-corrected chi connectivity index (χ4v) is 2.91. The second-order valence-corrected chi connectivity index (χ2v) is 7.88. The van der Waals surface area contributed by atoms with Gasteiger partial charge < -0.3 is 9.54 Å². The van der Waals surface area contributed by atoms with Crippen LogP contribution >= 0.6 is 0 Å². The third-order valence-electron chi connectivity index (χ3n) is 4.36. The number of aryl methyl sites for hydroxylation is 1. The molecule has 0 spiro atoms. The number of nitrogens with zero attached hydrogens (tertiary/aromatic N) is 1. The molecule has 4 aromatic rings. The van der Waals surface area contributed by atoms with Crippen molar-refractivity contribution >= 4 is 37.7 Å². The molecule has 30 heavy (non-hydrogen) atoms. The number of aromatic amines is 1. The smallest absolute Gasteiger partial charge is 0.485 e. The minimum Gasteiger partial charge on any atom is -0.741 e. The van der Waals surface area contributed by atoms with Crippen molar-refractivity contribution in [1.82, 2.24) is 4.98 Å². The first-order chi connectivity index (χ1) is 14.1. The molecule has 0 atom stereocenters. The van der Waals surface area contributed by atoms with Gasteiger partial charge in [-0.15, -0.1) is 0 Å². The molecule has 2 N–H and O–H groups in total. The number of aromatic nitrogens is 2. The summed E-state index contributed by atoms with van der Waals surface area (Å²) in [5.74, 6) is 1.11. The number of anilines is 1. The Morgan fingerprint density at radius 1 is 1.00 bits per heavy atom. The van der Waals surface area contributed by atoms with E-state index in [-0.39, 0.29) is 0 Å². The van der Waals surface area contributed by atoms with E-state index >= 15 is 0 Å². The van der Waals surface area contributed by atoms with Crippen LogP contribution in [0.15, 0.2) is 66.9 Å². The van der Waals surface area contributed by atoms with Crippen LogP contribution in [0.4, 0.5) is 19.0 Å². The van der Waals surface area contributed by atoms with E-state index in [0.29, 0.717) is 0 Å². The summed E-state index contributed by atoms with van der Waals surface area (Å²) in [5, 5.41) is 6.04. The van der Waals surface area contributed by atoms with Crippen LogP contribution in [-0.2, 0) is 23.7 Å². The minimum atomic E-state index is -6.09. The molecule has 0 fully saturated rings. The molecule has 2 aromatic heterocycles. The van der Waals surface area contributed by atoms with E-state index in [4.69, 9.17) is 13.0 Å². The van der Waals surface area contributed by atoms with Gasteiger partial charge in [-0.2, -0.15) is 13.2 Å². The van der Waals surface area contributed by atoms with Gasteiger partial charge in [0, 0.05) is 22.4 Å². The Morgan fingerprint density at radius 3 is 2.23 bits per heavy atom. The second kappa shape index (κ2) is 8.33. The molecule has 0 saturated heterocycles. The van der Waals surface area contributed by atoms with Crippen molar-refractivity contribution < 1.29 is 30.7 Å². The fraction of sp³-hybridized carbons (Fsp3) is 0.150. The lowest BCUT2D eigenvalue weighted by molar-refractivity contribution is -0.656. The molecular weight excluding hydrogens is 419 g/mol. The highest BCUT2D eigenvalue weighted by Crippen LogP contribution is 2.25. The fourth-order valence-electron chi connectivity index (χ4n) is 2.91. The number of H-pyrrole nitrogens is 1. The Morgan fingerprint density at radius 2 is 1.60 bits per heavy atom. The highest BCUT2D eigenvalue weighted by Gasteiger charge is 2.36. The number of hydrogen-bond acceptors (Lipinski definition) is 4. The molecule has 158 valence electrons. The molecule has 0 aliphatic carbocycles. The number of alkyl halides is 3. The zero-order chi connectivity index (χ0) is 21.9. The predicted octanol–water partition coefficient (Wildman–Crippen LogP) is 3.81. The van der Waals surface area contributed by atoms with E-state index in [2.05, 4.69) is 82.7 Å². The lowest BCUT2D eigenvalue weighted by Crippen LogP contribution is -2.31. The van der Waals surface area contributed by atoms with Crippen molar-refractivity contribution in [3.8, 4) is 0 Å². The van der Waals surface area contributed by atoms with Crippen LogP contribution in [0, 0.1) is 0 Å². The topological polar surface area (TPSA) is 88.9 Å². The van der Waals surface area contributed by atoms with Crippen molar-refractivity contribution in [1.29, 1.82) is 0 Å². The number of halogens is 3.